The molecule has 0 saturated heterocycles. The van der Waals surface area contributed by atoms with E-state index in [0.717, 1.165) is 0 Å². The third-order valence-corrected chi connectivity index (χ3v) is 2.73. The fourth-order valence-electron chi connectivity index (χ4n) is 1.91. The van der Waals surface area contributed by atoms with Gasteiger partial charge < -0.3 is 4.40 Å². The Morgan fingerprint density at radius 2 is 2.11 bits per heavy atom. The summed E-state index contributed by atoms with van der Waals surface area (Å²) in [7, 11) is 0. The Bertz CT molecular complexity index is 614. The maximum atomic E-state index is 12.5. The number of imidazole rings is 1. The van der Waals surface area contributed by atoms with Crippen molar-refractivity contribution in [3.8, 4) is 0 Å². The maximum Gasteiger partial charge on any atom is 0.456 e. The zero-order chi connectivity index (χ0) is 13.5. The molecule has 0 aliphatic rings. The predicted molar refractivity (Wildman–Crippen MR) is 59.7 cm³/mol. The molecule has 2 heterocycles. The second kappa shape index (κ2) is 4.12. The van der Waals surface area contributed by atoms with Crippen LogP contribution in [0.15, 0.2) is 18.3 Å². The highest BCUT2D eigenvalue weighted by Crippen LogP contribution is 2.26. The average Bonchev–Trinajstić information content (AvgIpc) is 2.67. The number of alkyl halides is 3. The summed E-state index contributed by atoms with van der Waals surface area (Å²) in [6.07, 6.45) is -2.83. The van der Waals surface area contributed by atoms with Crippen LogP contribution in [-0.4, -0.2) is 21.3 Å². The van der Waals surface area contributed by atoms with Crippen LogP contribution >= 0.6 is 0 Å². The number of hydrogen-bond donors (Lipinski definition) is 0. The molecule has 18 heavy (non-hydrogen) atoms. The predicted octanol–water partition coefficient (Wildman–Crippen LogP) is 2.95. The summed E-state index contributed by atoms with van der Waals surface area (Å²) >= 11 is 0. The average molecular weight is 256 g/mol. The number of aromatic nitrogens is 2. The first kappa shape index (κ1) is 12.6. The minimum absolute atomic E-state index is 0.233. The lowest BCUT2D eigenvalue weighted by Gasteiger charge is -2.04. The number of carbonyl (C=O) groups is 1. The Balaban J connectivity index is 2.76. The van der Waals surface area contributed by atoms with Crippen molar-refractivity contribution in [1.29, 1.82) is 0 Å². The SMILES string of the molecule is CCc1nc(C(=O)C(F)(F)F)c2c(C)cccn12. The molecule has 96 valence electrons. The summed E-state index contributed by atoms with van der Waals surface area (Å²) in [5.41, 5.74) is 0.312. The monoisotopic (exact) mass is 256 g/mol. The van der Waals surface area contributed by atoms with Crippen LogP contribution < -0.4 is 0 Å². The van der Waals surface area contributed by atoms with Crippen molar-refractivity contribution in [3.05, 3.63) is 35.4 Å². The first-order valence-corrected chi connectivity index (χ1v) is 5.44. The van der Waals surface area contributed by atoms with Gasteiger partial charge in [0.05, 0.1) is 5.52 Å². The van der Waals surface area contributed by atoms with Crippen molar-refractivity contribution in [3.63, 3.8) is 0 Å². The van der Waals surface area contributed by atoms with Crippen molar-refractivity contribution >= 4 is 11.3 Å². The molecule has 0 spiro atoms. The van der Waals surface area contributed by atoms with Gasteiger partial charge in [0.25, 0.3) is 5.78 Å². The highest BCUT2D eigenvalue weighted by Gasteiger charge is 2.42. The van der Waals surface area contributed by atoms with Crippen LogP contribution in [0.5, 0.6) is 0 Å². The summed E-state index contributed by atoms with van der Waals surface area (Å²) < 4.78 is 39.1. The highest BCUT2D eigenvalue weighted by molar-refractivity contribution is 6.04. The van der Waals surface area contributed by atoms with Crippen LogP contribution in [0.4, 0.5) is 13.2 Å². The van der Waals surface area contributed by atoms with E-state index in [4.69, 9.17) is 0 Å². The van der Waals surface area contributed by atoms with Crippen LogP contribution in [0.3, 0.4) is 0 Å². The number of ketones is 1. The summed E-state index contributed by atoms with van der Waals surface area (Å²) in [6.45, 7) is 3.43. The topological polar surface area (TPSA) is 34.4 Å². The summed E-state index contributed by atoms with van der Waals surface area (Å²) in [5, 5.41) is 0. The molecule has 0 unspecified atom stereocenters. The van der Waals surface area contributed by atoms with Gasteiger partial charge >= 0.3 is 6.18 Å². The smallest absolute Gasteiger partial charge is 0.303 e. The number of Topliss-reactive ketones (excluding diaryl/α,β-unsaturated/α-hetero) is 1. The molecule has 0 aromatic carbocycles. The van der Waals surface area contributed by atoms with Crippen LogP contribution in [0.25, 0.3) is 5.52 Å². The molecule has 6 heteroatoms. The molecule has 0 aliphatic heterocycles. The second-order valence-electron chi connectivity index (χ2n) is 3.97. The van der Waals surface area contributed by atoms with E-state index in [1.54, 1.807) is 32.2 Å². The van der Waals surface area contributed by atoms with Crippen LogP contribution in [-0.2, 0) is 6.42 Å². The normalized spacial score (nSPS) is 12.1. The maximum absolute atomic E-state index is 12.5. The van der Waals surface area contributed by atoms with Crippen LogP contribution in [0.2, 0.25) is 0 Å². The van der Waals surface area contributed by atoms with Gasteiger partial charge in [-0.15, -0.1) is 0 Å². The fourth-order valence-corrected chi connectivity index (χ4v) is 1.91. The molecule has 0 bridgehead atoms. The zero-order valence-corrected chi connectivity index (χ0v) is 9.88. The summed E-state index contributed by atoms with van der Waals surface area (Å²) in [4.78, 5) is 15.2. The lowest BCUT2D eigenvalue weighted by Crippen LogP contribution is -2.23. The fraction of sp³-hybridized carbons (Fsp3) is 0.333. The van der Waals surface area contributed by atoms with Gasteiger partial charge in [0.1, 0.15) is 11.5 Å². The molecule has 0 aliphatic carbocycles. The molecule has 0 fully saturated rings. The molecule has 0 atom stereocenters. The van der Waals surface area contributed by atoms with E-state index in [0.29, 0.717) is 17.8 Å². The van der Waals surface area contributed by atoms with Gasteiger partial charge in [0, 0.05) is 12.6 Å². The largest absolute Gasteiger partial charge is 0.456 e. The Morgan fingerprint density at radius 3 is 2.67 bits per heavy atom. The molecule has 3 nitrogen and oxygen atoms in total. The lowest BCUT2D eigenvalue weighted by molar-refractivity contribution is -0.0887. The van der Waals surface area contributed by atoms with Gasteiger partial charge in [-0.25, -0.2) is 4.98 Å². The molecule has 2 aromatic heterocycles. The summed E-state index contributed by atoms with van der Waals surface area (Å²) in [5.74, 6) is -1.45. The van der Waals surface area contributed by atoms with E-state index in [1.165, 1.54) is 4.40 Å². The van der Waals surface area contributed by atoms with E-state index in [2.05, 4.69) is 4.98 Å². The first-order valence-electron chi connectivity index (χ1n) is 5.44. The third-order valence-electron chi connectivity index (χ3n) is 2.73. The standard InChI is InChI=1S/C12H11F3N2O/c1-3-8-16-9(11(18)12(13,14)15)10-7(2)5-4-6-17(8)10/h4-6H,3H2,1-2H3. The first-order chi connectivity index (χ1) is 8.36. The number of fused-ring (bicyclic) bond motifs is 1. The Kier molecular flexibility index (Phi) is 2.88. The van der Waals surface area contributed by atoms with Gasteiger partial charge in [0.15, 0.2) is 0 Å². The molecule has 0 N–H and O–H groups in total. The van der Waals surface area contributed by atoms with Crippen molar-refractivity contribution in [2.75, 3.05) is 0 Å². The minimum atomic E-state index is -4.90. The molecule has 0 saturated carbocycles. The number of carbonyl (C=O) groups excluding carboxylic acids is 1. The number of hydrogen-bond acceptors (Lipinski definition) is 2. The van der Waals surface area contributed by atoms with E-state index in [-0.39, 0.29) is 5.52 Å². The number of halogens is 3. The summed E-state index contributed by atoms with van der Waals surface area (Å²) in [6, 6.07) is 3.37. The quantitative estimate of drug-likeness (QED) is 0.774. The van der Waals surface area contributed by atoms with Gasteiger partial charge in [-0.05, 0) is 18.6 Å². The van der Waals surface area contributed by atoms with E-state index in [1.807, 2.05) is 0 Å². The number of pyridine rings is 1. The second-order valence-corrected chi connectivity index (χ2v) is 3.97. The van der Waals surface area contributed by atoms with Crippen LogP contribution in [0, 0.1) is 6.92 Å². The molecule has 2 rings (SSSR count). The number of rotatable bonds is 2. The molecular formula is C12H11F3N2O. The highest BCUT2D eigenvalue weighted by atomic mass is 19.4. The van der Waals surface area contributed by atoms with Crippen LogP contribution in [0.1, 0.15) is 28.8 Å². The number of nitrogens with zero attached hydrogens (tertiary/aromatic N) is 2. The van der Waals surface area contributed by atoms with E-state index < -0.39 is 17.7 Å². The van der Waals surface area contributed by atoms with Gasteiger partial charge in [-0.1, -0.05) is 13.0 Å². The lowest BCUT2D eigenvalue weighted by atomic mass is 10.1. The Labute approximate surface area is 101 Å². The molecule has 0 radical (unpaired) electrons. The third kappa shape index (κ3) is 1.87. The van der Waals surface area contributed by atoms with E-state index >= 15 is 0 Å². The van der Waals surface area contributed by atoms with Crippen molar-refractivity contribution in [1.82, 2.24) is 9.38 Å². The van der Waals surface area contributed by atoms with Crippen molar-refractivity contribution in [2.24, 2.45) is 0 Å². The molecule has 0 amide bonds. The molecular weight excluding hydrogens is 245 g/mol. The Hall–Kier alpha value is -1.85. The van der Waals surface area contributed by atoms with Crippen molar-refractivity contribution < 1.29 is 18.0 Å². The van der Waals surface area contributed by atoms with Gasteiger partial charge in [0.2, 0.25) is 0 Å². The molecule has 2 aromatic rings. The Morgan fingerprint density at radius 1 is 1.44 bits per heavy atom. The van der Waals surface area contributed by atoms with Gasteiger partial charge in [-0.2, -0.15) is 13.2 Å². The van der Waals surface area contributed by atoms with Gasteiger partial charge in [-0.3, -0.25) is 4.79 Å². The minimum Gasteiger partial charge on any atom is -0.303 e. The zero-order valence-electron chi connectivity index (χ0n) is 9.88. The van der Waals surface area contributed by atoms with Crippen molar-refractivity contribution in [2.45, 2.75) is 26.4 Å². The number of aryl methyl sites for hydroxylation is 2. The van der Waals surface area contributed by atoms with E-state index in [9.17, 15) is 18.0 Å².